The molecule has 3 atom stereocenters. The summed E-state index contributed by atoms with van der Waals surface area (Å²) in [5.74, 6) is 0.0993. The highest BCUT2D eigenvalue weighted by Gasteiger charge is 2.37. The van der Waals surface area contributed by atoms with E-state index in [0.29, 0.717) is 24.7 Å². The molecule has 1 N–H and O–H groups in total. The number of hydrogen-bond donors (Lipinski definition) is 1. The summed E-state index contributed by atoms with van der Waals surface area (Å²) in [6.45, 7) is 2.34. The number of hydrogen-bond acceptors (Lipinski definition) is 3. The molecule has 1 aromatic rings. The molecule has 3 rings (SSSR count). The third kappa shape index (κ3) is 4.46. The zero-order valence-electron chi connectivity index (χ0n) is 13.9. The summed E-state index contributed by atoms with van der Waals surface area (Å²) in [5, 5.41) is 3.62. The number of amides is 1. The first-order valence-electron chi connectivity index (χ1n) is 8.31. The maximum atomic E-state index is 12.6. The van der Waals surface area contributed by atoms with Crippen LogP contribution < -0.4 is 5.32 Å². The van der Waals surface area contributed by atoms with Gasteiger partial charge in [0, 0.05) is 25.2 Å². The Bertz CT molecular complexity index is 499. The summed E-state index contributed by atoms with van der Waals surface area (Å²) in [4.78, 5) is 14.5. The van der Waals surface area contributed by atoms with Gasteiger partial charge in [-0.25, -0.2) is 0 Å². The summed E-state index contributed by atoms with van der Waals surface area (Å²) in [7, 11) is 1.93. The molecular weight excluding hydrogens is 312 g/mol. The molecule has 128 valence electrons. The van der Waals surface area contributed by atoms with Crippen LogP contribution >= 0.6 is 12.4 Å². The Kier molecular flexibility index (Phi) is 6.45. The second-order valence-electron chi connectivity index (χ2n) is 6.65. The molecule has 1 amide bonds. The predicted molar refractivity (Wildman–Crippen MR) is 93.7 cm³/mol. The summed E-state index contributed by atoms with van der Waals surface area (Å²) in [6, 6.07) is 11.5. The molecule has 0 radical (unpaired) electrons. The monoisotopic (exact) mass is 338 g/mol. The smallest absolute Gasteiger partial charge is 0.251 e. The molecule has 23 heavy (non-hydrogen) atoms. The maximum Gasteiger partial charge on any atom is 0.251 e. The molecule has 2 bridgehead atoms. The van der Waals surface area contributed by atoms with Crippen molar-refractivity contribution < 1.29 is 9.53 Å². The largest absolute Gasteiger partial charge is 0.364 e. The van der Waals surface area contributed by atoms with E-state index in [1.165, 1.54) is 12.8 Å². The van der Waals surface area contributed by atoms with Crippen LogP contribution in [0.25, 0.3) is 0 Å². The van der Waals surface area contributed by atoms with Gasteiger partial charge in [-0.3, -0.25) is 4.79 Å². The van der Waals surface area contributed by atoms with Gasteiger partial charge in [0.1, 0.15) is 6.10 Å². The fourth-order valence-electron chi connectivity index (χ4n) is 3.68. The zero-order chi connectivity index (χ0) is 15.5. The molecule has 0 aromatic heterocycles. The Balaban J connectivity index is 0.00000192. The average molecular weight is 339 g/mol. The average Bonchev–Trinajstić information content (AvgIpc) is 2.90. The van der Waals surface area contributed by atoms with Gasteiger partial charge < -0.3 is 15.0 Å². The number of likely N-dealkylation sites (N-methyl/N-ethyl adjacent to an activating group) is 1. The van der Waals surface area contributed by atoms with Gasteiger partial charge in [-0.05, 0) is 38.2 Å². The lowest BCUT2D eigenvalue weighted by molar-refractivity contribution is -0.144. The zero-order valence-corrected chi connectivity index (χ0v) is 14.7. The van der Waals surface area contributed by atoms with Crippen molar-refractivity contribution in [1.82, 2.24) is 10.2 Å². The molecule has 0 saturated carbocycles. The number of rotatable bonds is 5. The molecule has 5 heteroatoms. The first kappa shape index (κ1) is 18.2. The summed E-state index contributed by atoms with van der Waals surface area (Å²) in [5.41, 5.74) is 1.10. The lowest BCUT2D eigenvalue weighted by Gasteiger charge is -2.36. The van der Waals surface area contributed by atoms with Crippen LogP contribution in [0, 0.1) is 0 Å². The van der Waals surface area contributed by atoms with Crippen LogP contribution in [0.2, 0.25) is 0 Å². The molecule has 2 aliphatic heterocycles. The minimum atomic E-state index is -0.391. The quantitative estimate of drug-likeness (QED) is 0.897. The van der Waals surface area contributed by atoms with E-state index in [1.54, 1.807) is 0 Å². The van der Waals surface area contributed by atoms with Crippen LogP contribution in [0.5, 0.6) is 0 Å². The maximum absolute atomic E-state index is 12.6. The SMILES string of the molecule is CC(OCc1ccccc1)C(=O)N(C)C1CC2CCC(C1)N2.Cl. The second-order valence-corrected chi connectivity index (χ2v) is 6.65. The number of nitrogens with zero attached hydrogens (tertiary/aromatic N) is 1. The Morgan fingerprint density at radius 2 is 1.87 bits per heavy atom. The van der Waals surface area contributed by atoms with Gasteiger partial charge in [0.25, 0.3) is 5.91 Å². The van der Waals surface area contributed by atoms with E-state index in [4.69, 9.17) is 4.74 Å². The number of carbonyl (C=O) groups excluding carboxylic acids is 1. The van der Waals surface area contributed by atoms with Crippen LogP contribution in [0.15, 0.2) is 30.3 Å². The first-order valence-corrected chi connectivity index (χ1v) is 8.31. The summed E-state index contributed by atoms with van der Waals surface area (Å²) >= 11 is 0. The molecule has 0 spiro atoms. The van der Waals surface area contributed by atoms with Crippen molar-refractivity contribution in [2.24, 2.45) is 0 Å². The summed E-state index contributed by atoms with van der Waals surface area (Å²) < 4.78 is 5.76. The summed E-state index contributed by atoms with van der Waals surface area (Å²) in [6.07, 6.45) is 4.26. The van der Waals surface area contributed by atoms with Gasteiger partial charge >= 0.3 is 0 Å². The molecule has 3 unspecified atom stereocenters. The number of halogens is 1. The van der Waals surface area contributed by atoms with E-state index in [-0.39, 0.29) is 18.3 Å². The van der Waals surface area contributed by atoms with Gasteiger partial charge in [-0.15, -0.1) is 12.4 Å². The molecule has 4 nitrogen and oxygen atoms in total. The normalized spacial score (nSPS) is 27.1. The number of carbonyl (C=O) groups is 1. The van der Waals surface area contributed by atoms with Gasteiger partial charge in [-0.1, -0.05) is 30.3 Å². The van der Waals surface area contributed by atoms with Crippen LogP contribution in [-0.4, -0.2) is 42.1 Å². The van der Waals surface area contributed by atoms with Gasteiger partial charge in [0.2, 0.25) is 0 Å². The molecular formula is C18H27ClN2O2. The fourth-order valence-corrected chi connectivity index (χ4v) is 3.68. The van der Waals surface area contributed by atoms with E-state index >= 15 is 0 Å². The van der Waals surface area contributed by atoms with Crippen molar-refractivity contribution in [2.45, 2.75) is 63.4 Å². The Labute approximate surface area is 145 Å². The van der Waals surface area contributed by atoms with Crippen LogP contribution in [0.1, 0.15) is 38.2 Å². The first-order chi connectivity index (χ1) is 10.6. The van der Waals surface area contributed by atoms with E-state index < -0.39 is 6.10 Å². The second kappa shape index (κ2) is 8.13. The Hall–Kier alpha value is -1.10. The van der Waals surface area contributed by atoms with Crippen molar-refractivity contribution >= 4 is 18.3 Å². The lowest BCUT2D eigenvalue weighted by Crippen LogP contribution is -2.50. The van der Waals surface area contributed by atoms with Gasteiger partial charge in [-0.2, -0.15) is 0 Å². The molecule has 2 aliphatic rings. The number of ether oxygens (including phenoxy) is 1. The van der Waals surface area contributed by atoms with Gasteiger partial charge in [0.15, 0.2) is 0 Å². The topological polar surface area (TPSA) is 41.6 Å². The number of fused-ring (bicyclic) bond motifs is 2. The van der Waals surface area contributed by atoms with Crippen molar-refractivity contribution in [3.8, 4) is 0 Å². The highest BCUT2D eigenvalue weighted by atomic mass is 35.5. The van der Waals surface area contributed by atoms with E-state index in [1.807, 2.05) is 49.2 Å². The molecule has 2 fully saturated rings. The van der Waals surface area contributed by atoms with Crippen molar-refractivity contribution in [2.75, 3.05) is 7.05 Å². The van der Waals surface area contributed by atoms with E-state index in [9.17, 15) is 4.79 Å². The molecule has 2 saturated heterocycles. The molecule has 2 heterocycles. The van der Waals surface area contributed by atoms with Crippen LogP contribution in [0.4, 0.5) is 0 Å². The Morgan fingerprint density at radius 3 is 2.48 bits per heavy atom. The third-order valence-corrected chi connectivity index (χ3v) is 5.03. The number of piperidine rings is 1. The van der Waals surface area contributed by atoms with E-state index in [0.717, 1.165) is 18.4 Å². The molecule has 0 aliphatic carbocycles. The van der Waals surface area contributed by atoms with Crippen molar-refractivity contribution in [3.05, 3.63) is 35.9 Å². The lowest BCUT2D eigenvalue weighted by atomic mass is 9.98. The highest BCUT2D eigenvalue weighted by molar-refractivity contribution is 5.85. The number of benzene rings is 1. The fraction of sp³-hybridized carbons (Fsp3) is 0.611. The highest BCUT2D eigenvalue weighted by Crippen LogP contribution is 2.29. The Morgan fingerprint density at radius 1 is 1.26 bits per heavy atom. The standard InChI is InChI=1S/C18H26N2O2.ClH/c1-13(22-12-14-6-4-3-5-7-14)18(21)20(2)17-10-15-8-9-16(11-17)19-15;/h3-7,13,15-17,19H,8-12H2,1-2H3;1H. The van der Waals surface area contributed by atoms with Crippen LogP contribution in [0.3, 0.4) is 0 Å². The van der Waals surface area contributed by atoms with Crippen LogP contribution in [-0.2, 0) is 16.1 Å². The minimum Gasteiger partial charge on any atom is -0.364 e. The van der Waals surface area contributed by atoms with Crippen molar-refractivity contribution in [1.29, 1.82) is 0 Å². The van der Waals surface area contributed by atoms with Crippen molar-refractivity contribution in [3.63, 3.8) is 0 Å². The van der Waals surface area contributed by atoms with Gasteiger partial charge in [0.05, 0.1) is 6.61 Å². The minimum absolute atomic E-state index is 0. The third-order valence-electron chi connectivity index (χ3n) is 5.03. The molecule has 1 aromatic carbocycles. The number of nitrogens with one attached hydrogen (secondary N) is 1. The van der Waals surface area contributed by atoms with E-state index in [2.05, 4.69) is 5.32 Å². The predicted octanol–water partition coefficient (Wildman–Crippen LogP) is 2.75.